The van der Waals surface area contributed by atoms with Gasteiger partial charge in [0.1, 0.15) is 5.71 Å². The summed E-state index contributed by atoms with van der Waals surface area (Å²) in [5, 5.41) is 8.68. The molecule has 146 valence electrons. The van der Waals surface area contributed by atoms with Gasteiger partial charge in [0.25, 0.3) is 0 Å². The zero-order valence-corrected chi connectivity index (χ0v) is 16.8. The Kier molecular flexibility index (Phi) is 4.86. The van der Waals surface area contributed by atoms with Crippen molar-refractivity contribution in [2.45, 2.75) is 13.5 Å². The molecule has 0 amide bonds. The summed E-state index contributed by atoms with van der Waals surface area (Å²) in [5.41, 5.74) is 13.9. The number of aromatic nitrogens is 3. The molecule has 0 aliphatic heterocycles. The van der Waals surface area contributed by atoms with Gasteiger partial charge in [0, 0.05) is 24.0 Å². The van der Waals surface area contributed by atoms with Gasteiger partial charge in [0.15, 0.2) is 5.82 Å². The lowest BCUT2D eigenvalue weighted by molar-refractivity contribution is 0.402. The van der Waals surface area contributed by atoms with Crippen molar-refractivity contribution in [3.63, 3.8) is 0 Å². The predicted molar refractivity (Wildman–Crippen MR) is 118 cm³/mol. The second kappa shape index (κ2) is 7.48. The molecule has 4 N–H and O–H groups in total. The quantitative estimate of drug-likeness (QED) is 0.358. The van der Waals surface area contributed by atoms with Crippen LogP contribution in [-0.4, -0.2) is 39.7 Å². The third-order valence-corrected chi connectivity index (χ3v) is 4.81. The lowest BCUT2D eigenvalue weighted by Gasteiger charge is -2.14. The number of nitrogens with one attached hydrogen (secondary N) is 2. The number of aromatic amines is 1. The Hall–Kier alpha value is -3.51. The number of pyridine rings is 1. The molecule has 29 heavy (non-hydrogen) atoms. The monoisotopic (exact) mass is 384 g/mol. The number of benzene rings is 2. The molecule has 0 spiro atoms. The Bertz CT molecular complexity index is 1170. The molecule has 2 heterocycles. The first-order chi connectivity index (χ1) is 13.9. The summed E-state index contributed by atoms with van der Waals surface area (Å²) in [5.74, 6) is 0.481. The number of aryl methyl sites for hydroxylation is 1. The number of nitrogens with two attached hydrogens (primary N) is 1. The first-order valence-electron chi connectivity index (χ1n) is 9.45. The topological polar surface area (TPSA) is 94.7 Å². The highest BCUT2D eigenvalue weighted by Crippen LogP contribution is 2.27. The van der Waals surface area contributed by atoms with Gasteiger partial charge in [-0.2, -0.15) is 0 Å². The van der Waals surface area contributed by atoms with Crippen molar-refractivity contribution in [1.29, 1.82) is 5.41 Å². The number of nitrogens with zero attached hydrogens (tertiary/aromatic N) is 3. The van der Waals surface area contributed by atoms with Crippen LogP contribution < -0.4 is 5.73 Å². The van der Waals surface area contributed by atoms with Crippen molar-refractivity contribution in [3.05, 3.63) is 77.4 Å². The first-order valence-corrected chi connectivity index (χ1v) is 9.45. The maximum absolute atomic E-state index is 8.68. The zero-order valence-electron chi connectivity index (χ0n) is 16.8. The molecule has 0 saturated carbocycles. The lowest BCUT2D eigenvalue weighted by atomic mass is 9.96. The van der Waals surface area contributed by atoms with Crippen LogP contribution in [0.5, 0.6) is 0 Å². The summed E-state index contributed by atoms with van der Waals surface area (Å²) in [6.07, 6.45) is 3.40. The second-order valence-electron chi connectivity index (χ2n) is 7.60. The van der Waals surface area contributed by atoms with E-state index in [9.17, 15) is 0 Å². The number of fused-ring (bicyclic) bond motifs is 1. The molecule has 0 atom stereocenters. The number of imidazole rings is 1. The smallest absolute Gasteiger partial charge is 0.157 e. The van der Waals surface area contributed by atoms with Crippen molar-refractivity contribution < 1.29 is 0 Å². The molecule has 6 nitrogen and oxygen atoms in total. The van der Waals surface area contributed by atoms with Crippen LogP contribution in [0, 0.1) is 12.3 Å². The molecule has 0 unspecified atom stereocenters. The molecular weight excluding hydrogens is 360 g/mol. The Labute approximate surface area is 169 Å². The third kappa shape index (κ3) is 3.88. The second-order valence-corrected chi connectivity index (χ2v) is 7.60. The van der Waals surface area contributed by atoms with E-state index in [1.165, 1.54) is 11.1 Å². The molecule has 0 saturated heterocycles. The Morgan fingerprint density at radius 2 is 1.93 bits per heavy atom. The number of rotatable bonds is 5. The highest BCUT2D eigenvalue weighted by atomic mass is 15.0. The summed E-state index contributed by atoms with van der Waals surface area (Å²) >= 11 is 0. The molecule has 2 aromatic heterocycles. The Balaban J connectivity index is 1.74. The van der Waals surface area contributed by atoms with Gasteiger partial charge < -0.3 is 15.6 Å². The average molecular weight is 384 g/mol. The van der Waals surface area contributed by atoms with Gasteiger partial charge in [-0.1, -0.05) is 23.8 Å². The minimum absolute atomic E-state index is 0.265. The summed E-state index contributed by atoms with van der Waals surface area (Å²) in [6, 6.07) is 14.2. The van der Waals surface area contributed by atoms with Gasteiger partial charge in [-0.3, -0.25) is 10.4 Å². The normalized spacial score (nSPS) is 11.3. The van der Waals surface area contributed by atoms with E-state index in [-0.39, 0.29) is 5.71 Å². The Morgan fingerprint density at radius 3 is 2.69 bits per heavy atom. The summed E-state index contributed by atoms with van der Waals surface area (Å²) in [6.45, 7) is 2.98. The minimum atomic E-state index is 0.265. The fraction of sp³-hybridized carbons (Fsp3) is 0.174. The van der Waals surface area contributed by atoms with Crippen LogP contribution in [0.4, 0.5) is 5.69 Å². The van der Waals surface area contributed by atoms with Crippen molar-refractivity contribution in [1.82, 2.24) is 19.9 Å². The van der Waals surface area contributed by atoms with Crippen LogP contribution in [0.15, 0.2) is 54.9 Å². The van der Waals surface area contributed by atoms with E-state index in [0.29, 0.717) is 17.1 Å². The van der Waals surface area contributed by atoms with Crippen LogP contribution in [-0.2, 0) is 6.54 Å². The van der Waals surface area contributed by atoms with E-state index in [1.807, 2.05) is 24.3 Å². The fourth-order valence-corrected chi connectivity index (χ4v) is 3.54. The highest BCUT2D eigenvalue weighted by Gasteiger charge is 2.14. The van der Waals surface area contributed by atoms with Gasteiger partial charge in [-0.15, -0.1) is 0 Å². The summed E-state index contributed by atoms with van der Waals surface area (Å²) in [4.78, 5) is 13.9. The summed E-state index contributed by atoms with van der Waals surface area (Å²) < 4.78 is 0. The predicted octanol–water partition coefficient (Wildman–Crippen LogP) is 3.99. The molecule has 0 fully saturated rings. The number of nitrogen functional groups attached to an aromatic ring is 1. The summed E-state index contributed by atoms with van der Waals surface area (Å²) in [7, 11) is 4.13. The molecule has 4 aromatic rings. The minimum Gasteiger partial charge on any atom is -0.398 e. The molecule has 0 aliphatic carbocycles. The molecular formula is C23H24N6. The number of hydrogen-bond acceptors (Lipinski definition) is 5. The number of anilines is 1. The van der Waals surface area contributed by atoms with E-state index in [2.05, 4.69) is 59.1 Å². The molecule has 0 aliphatic rings. The number of hydrogen-bond donors (Lipinski definition) is 3. The average Bonchev–Trinajstić information content (AvgIpc) is 3.11. The lowest BCUT2D eigenvalue weighted by Crippen LogP contribution is -2.10. The molecule has 0 radical (unpaired) electrons. The van der Waals surface area contributed by atoms with E-state index < -0.39 is 0 Å². The van der Waals surface area contributed by atoms with E-state index in [4.69, 9.17) is 11.1 Å². The molecule has 6 heteroatoms. The van der Waals surface area contributed by atoms with Crippen LogP contribution in [0.2, 0.25) is 0 Å². The van der Waals surface area contributed by atoms with Crippen molar-refractivity contribution in [3.8, 4) is 11.1 Å². The standard InChI is InChI=1S/C23H24N6/c1-14-8-15(13-29(2)3)10-17(9-14)16-4-5-19(24)18(11-16)22(25)23-27-20-6-7-26-12-21(20)28-23/h4-12,25H,13,24H2,1-3H3,(H,27,28). The molecule has 4 rings (SSSR count). The van der Waals surface area contributed by atoms with Gasteiger partial charge in [0.2, 0.25) is 0 Å². The molecule has 0 bridgehead atoms. The number of H-pyrrole nitrogens is 1. The first kappa shape index (κ1) is 18.8. The fourth-order valence-electron chi connectivity index (χ4n) is 3.54. The van der Waals surface area contributed by atoms with Gasteiger partial charge >= 0.3 is 0 Å². The van der Waals surface area contributed by atoms with Crippen molar-refractivity contribution in [2.24, 2.45) is 0 Å². The maximum Gasteiger partial charge on any atom is 0.157 e. The largest absolute Gasteiger partial charge is 0.398 e. The van der Waals surface area contributed by atoms with Crippen LogP contribution in [0.1, 0.15) is 22.5 Å². The van der Waals surface area contributed by atoms with Crippen LogP contribution >= 0.6 is 0 Å². The van der Waals surface area contributed by atoms with Crippen LogP contribution in [0.3, 0.4) is 0 Å². The van der Waals surface area contributed by atoms with E-state index in [0.717, 1.165) is 28.7 Å². The van der Waals surface area contributed by atoms with Crippen molar-refractivity contribution in [2.75, 3.05) is 19.8 Å². The third-order valence-electron chi connectivity index (χ3n) is 4.81. The van der Waals surface area contributed by atoms with Gasteiger partial charge in [0.05, 0.1) is 17.2 Å². The van der Waals surface area contributed by atoms with Gasteiger partial charge in [-0.05, 0) is 62.0 Å². The van der Waals surface area contributed by atoms with E-state index in [1.54, 1.807) is 12.4 Å². The van der Waals surface area contributed by atoms with Crippen molar-refractivity contribution >= 4 is 22.4 Å². The SMILES string of the molecule is Cc1cc(CN(C)C)cc(-c2ccc(N)c(C(=N)c3nc4ccncc4[nH]3)c2)c1. The zero-order chi connectivity index (χ0) is 20.5. The Morgan fingerprint density at radius 1 is 1.10 bits per heavy atom. The van der Waals surface area contributed by atoms with E-state index >= 15 is 0 Å². The maximum atomic E-state index is 8.68. The molecule has 2 aromatic carbocycles. The highest BCUT2D eigenvalue weighted by molar-refractivity contribution is 6.13. The van der Waals surface area contributed by atoms with Gasteiger partial charge in [-0.25, -0.2) is 4.98 Å². The van der Waals surface area contributed by atoms with Crippen LogP contribution in [0.25, 0.3) is 22.2 Å².